The van der Waals surface area contributed by atoms with Crippen LogP contribution in [0.15, 0.2) is 4.52 Å². The van der Waals surface area contributed by atoms with Crippen molar-refractivity contribution in [1.29, 1.82) is 0 Å². The minimum absolute atomic E-state index is 0.0523. The Morgan fingerprint density at radius 1 is 1.42 bits per heavy atom. The molecular formula is C14H25N3O2. The molecule has 2 rings (SSSR count). The highest BCUT2D eigenvalue weighted by atomic mass is 16.5. The molecule has 1 fully saturated rings. The molecule has 108 valence electrons. The molecule has 19 heavy (non-hydrogen) atoms. The molecule has 5 nitrogen and oxygen atoms in total. The number of nitrogens with two attached hydrogens (primary N) is 1. The second kappa shape index (κ2) is 5.59. The highest BCUT2D eigenvalue weighted by Crippen LogP contribution is 2.37. The standard InChI is InChI=1S/C14H25N3O2/c1-5-18-11(14(2,3)4)12-16-13(19-17-12)9-6-7-10(15)8-9/h9-11H,5-8,15H2,1-4H3/t9-,10+,11?/m1/s1. The fourth-order valence-corrected chi connectivity index (χ4v) is 2.64. The predicted octanol–water partition coefficient (Wildman–Crippen LogP) is 2.79. The maximum atomic E-state index is 5.93. The molecule has 0 saturated heterocycles. The van der Waals surface area contributed by atoms with Gasteiger partial charge in [0.1, 0.15) is 6.10 Å². The first kappa shape index (κ1) is 14.5. The molecule has 0 spiro atoms. The molecule has 1 aromatic heterocycles. The van der Waals surface area contributed by atoms with E-state index < -0.39 is 0 Å². The average Bonchev–Trinajstić information content (AvgIpc) is 2.92. The molecule has 1 aliphatic carbocycles. The lowest BCUT2D eigenvalue weighted by atomic mass is 9.88. The summed E-state index contributed by atoms with van der Waals surface area (Å²) >= 11 is 0. The fraction of sp³-hybridized carbons (Fsp3) is 0.857. The van der Waals surface area contributed by atoms with Crippen LogP contribution in [0.1, 0.15) is 70.7 Å². The summed E-state index contributed by atoms with van der Waals surface area (Å²) in [5, 5.41) is 4.12. The van der Waals surface area contributed by atoms with Crippen molar-refractivity contribution in [3.05, 3.63) is 11.7 Å². The SMILES string of the molecule is CCOC(c1noc([C@@H]2CC[C@H](N)C2)n1)C(C)(C)C. The monoisotopic (exact) mass is 267 g/mol. The van der Waals surface area contributed by atoms with Crippen molar-refractivity contribution in [3.63, 3.8) is 0 Å². The van der Waals surface area contributed by atoms with Crippen LogP contribution >= 0.6 is 0 Å². The number of hydrogen-bond donors (Lipinski definition) is 1. The molecule has 0 aliphatic heterocycles. The molecular weight excluding hydrogens is 242 g/mol. The summed E-state index contributed by atoms with van der Waals surface area (Å²) in [7, 11) is 0. The molecule has 1 aliphatic rings. The summed E-state index contributed by atoms with van der Waals surface area (Å²) in [6.45, 7) is 8.98. The van der Waals surface area contributed by atoms with Gasteiger partial charge in [-0.3, -0.25) is 0 Å². The largest absolute Gasteiger partial charge is 0.370 e. The van der Waals surface area contributed by atoms with Crippen LogP contribution in [-0.4, -0.2) is 22.8 Å². The number of aromatic nitrogens is 2. The van der Waals surface area contributed by atoms with Crippen molar-refractivity contribution < 1.29 is 9.26 Å². The third-order valence-electron chi connectivity index (χ3n) is 3.63. The number of nitrogens with zero attached hydrogens (tertiary/aromatic N) is 2. The molecule has 0 amide bonds. The summed E-state index contributed by atoms with van der Waals surface area (Å²) in [6, 6.07) is 0.269. The van der Waals surface area contributed by atoms with E-state index in [0.717, 1.165) is 25.2 Å². The van der Waals surface area contributed by atoms with Crippen LogP contribution in [0.25, 0.3) is 0 Å². The van der Waals surface area contributed by atoms with Gasteiger partial charge in [0.2, 0.25) is 11.7 Å². The van der Waals surface area contributed by atoms with E-state index in [1.165, 1.54) is 0 Å². The van der Waals surface area contributed by atoms with E-state index in [1.54, 1.807) is 0 Å². The first-order chi connectivity index (χ1) is 8.91. The fourth-order valence-electron chi connectivity index (χ4n) is 2.64. The normalized spacial score (nSPS) is 25.7. The Morgan fingerprint density at radius 3 is 2.68 bits per heavy atom. The van der Waals surface area contributed by atoms with Crippen molar-refractivity contribution in [2.75, 3.05) is 6.61 Å². The Morgan fingerprint density at radius 2 is 2.16 bits per heavy atom. The van der Waals surface area contributed by atoms with Crippen LogP contribution in [-0.2, 0) is 4.74 Å². The smallest absolute Gasteiger partial charge is 0.229 e. The van der Waals surface area contributed by atoms with Gasteiger partial charge in [0.25, 0.3) is 0 Å². The van der Waals surface area contributed by atoms with Crippen molar-refractivity contribution in [2.45, 2.75) is 65.0 Å². The topological polar surface area (TPSA) is 74.2 Å². The second-order valence-electron chi connectivity index (χ2n) is 6.46. The molecule has 1 aromatic rings. The summed E-state index contributed by atoms with van der Waals surface area (Å²) < 4.78 is 11.2. The Labute approximate surface area is 114 Å². The molecule has 3 atom stereocenters. The van der Waals surface area contributed by atoms with Crippen LogP contribution in [0, 0.1) is 5.41 Å². The van der Waals surface area contributed by atoms with Crippen molar-refractivity contribution >= 4 is 0 Å². The van der Waals surface area contributed by atoms with Crippen molar-refractivity contribution in [3.8, 4) is 0 Å². The molecule has 1 saturated carbocycles. The van der Waals surface area contributed by atoms with Gasteiger partial charge in [-0.15, -0.1) is 0 Å². The van der Waals surface area contributed by atoms with Gasteiger partial charge in [-0.2, -0.15) is 4.98 Å². The zero-order chi connectivity index (χ0) is 14.0. The quantitative estimate of drug-likeness (QED) is 0.908. The molecule has 0 aromatic carbocycles. The van der Waals surface area contributed by atoms with E-state index in [1.807, 2.05) is 6.92 Å². The summed E-state index contributed by atoms with van der Waals surface area (Å²) in [5.74, 6) is 1.69. The zero-order valence-electron chi connectivity index (χ0n) is 12.3. The Balaban J connectivity index is 2.14. The predicted molar refractivity (Wildman–Crippen MR) is 72.7 cm³/mol. The first-order valence-electron chi connectivity index (χ1n) is 7.12. The maximum Gasteiger partial charge on any atom is 0.229 e. The lowest BCUT2D eigenvalue weighted by Crippen LogP contribution is -2.22. The molecule has 1 unspecified atom stereocenters. The minimum Gasteiger partial charge on any atom is -0.370 e. The van der Waals surface area contributed by atoms with E-state index in [2.05, 4.69) is 30.9 Å². The van der Waals surface area contributed by atoms with Crippen molar-refractivity contribution in [1.82, 2.24) is 10.1 Å². The average molecular weight is 267 g/mol. The van der Waals surface area contributed by atoms with Crippen LogP contribution < -0.4 is 5.73 Å². The zero-order valence-corrected chi connectivity index (χ0v) is 12.3. The van der Waals surface area contributed by atoms with Crippen molar-refractivity contribution in [2.24, 2.45) is 11.1 Å². The van der Waals surface area contributed by atoms with Gasteiger partial charge in [0, 0.05) is 18.6 Å². The number of ether oxygens (including phenoxy) is 1. The van der Waals surface area contributed by atoms with Gasteiger partial charge < -0.3 is 15.0 Å². The summed E-state index contributed by atoms with van der Waals surface area (Å²) in [6.07, 6.45) is 2.88. The maximum absolute atomic E-state index is 5.93. The van der Waals surface area contributed by atoms with Gasteiger partial charge in [-0.25, -0.2) is 0 Å². The molecule has 1 heterocycles. The van der Waals surface area contributed by atoms with Gasteiger partial charge in [0.05, 0.1) is 0 Å². The molecule has 0 radical (unpaired) electrons. The van der Waals surface area contributed by atoms with E-state index >= 15 is 0 Å². The summed E-state index contributed by atoms with van der Waals surface area (Å²) in [5.41, 5.74) is 5.88. The lowest BCUT2D eigenvalue weighted by molar-refractivity contribution is -0.0203. The summed E-state index contributed by atoms with van der Waals surface area (Å²) in [4.78, 5) is 4.55. The van der Waals surface area contributed by atoms with Gasteiger partial charge in [0.15, 0.2) is 0 Å². The van der Waals surface area contributed by atoms with Gasteiger partial charge in [-0.05, 0) is 31.6 Å². The highest BCUT2D eigenvalue weighted by Gasteiger charge is 2.33. The minimum atomic E-state index is -0.134. The molecule has 2 N–H and O–H groups in total. The van der Waals surface area contributed by atoms with Crippen LogP contribution in [0.3, 0.4) is 0 Å². The third-order valence-corrected chi connectivity index (χ3v) is 3.63. The van der Waals surface area contributed by atoms with E-state index in [4.69, 9.17) is 15.0 Å². The molecule has 5 heteroatoms. The van der Waals surface area contributed by atoms with Crippen LogP contribution in [0.5, 0.6) is 0 Å². The molecule has 0 bridgehead atoms. The number of rotatable bonds is 4. The van der Waals surface area contributed by atoms with Gasteiger partial charge >= 0.3 is 0 Å². The second-order valence-corrected chi connectivity index (χ2v) is 6.46. The van der Waals surface area contributed by atoms with E-state index in [0.29, 0.717) is 18.3 Å². The lowest BCUT2D eigenvalue weighted by Gasteiger charge is -2.27. The van der Waals surface area contributed by atoms with E-state index in [9.17, 15) is 0 Å². The Hall–Kier alpha value is -0.940. The Kier molecular flexibility index (Phi) is 4.26. The van der Waals surface area contributed by atoms with Crippen LogP contribution in [0.4, 0.5) is 0 Å². The third kappa shape index (κ3) is 3.34. The number of hydrogen-bond acceptors (Lipinski definition) is 5. The van der Waals surface area contributed by atoms with Crippen LogP contribution in [0.2, 0.25) is 0 Å². The first-order valence-corrected chi connectivity index (χ1v) is 7.12. The highest BCUT2D eigenvalue weighted by molar-refractivity contribution is 5.02. The van der Waals surface area contributed by atoms with Gasteiger partial charge in [-0.1, -0.05) is 25.9 Å². The van der Waals surface area contributed by atoms with E-state index in [-0.39, 0.29) is 17.6 Å². The Bertz CT molecular complexity index is 411.